The first kappa shape index (κ1) is 14.4. The number of aliphatic hydroxyl groups is 1. The van der Waals surface area contributed by atoms with Gasteiger partial charge in [0, 0.05) is 18.2 Å². The second-order valence-electron chi connectivity index (χ2n) is 5.28. The Labute approximate surface area is 112 Å². The molecule has 0 saturated heterocycles. The summed E-state index contributed by atoms with van der Waals surface area (Å²) in [6.45, 7) is -0.285. The smallest absolute Gasteiger partial charge is 0.285 e. The molecule has 2 atom stereocenters. The summed E-state index contributed by atoms with van der Waals surface area (Å²) in [5, 5.41) is 12.2. The second-order valence-corrected chi connectivity index (χ2v) is 5.28. The van der Waals surface area contributed by atoms with Gasteiger partial charge in [-0.1, -0.05) is 43.2 Å². The molecule has 1 saturated carbocycles. The Morgan fingerprint density at radius 3 is 2.53 bits per heavy atom. The molecule has 0 bridgehead atoms. The van der Waals surface area contributed by atoms with Crippen LogP contribution >= 0.6 is 0 Å². The molecule has 4 heteroatoms. The Morgan fingerprint density at radius 2 is 1.84 bits per heavy atom. The number of nitrogens with one attached hydrogen (secondary N) is 1. The summed E-state index contributed by atoms with van der Waals surface area (Å²) in [6, 6.07) is 7.89. The predicted octanol–water partition coefficient (Wildman–Crippen LogP) is 2.92. The van der Waals surface area contributed by atoms with E-state index in [1.165, 1.54) is 12.1 Å². The molecule has 0 aliphatic heterocycles. The van der Waals surface area contributed by atoms with Crippen LogP contribution in [0, 0.1) is 5.92 Å². The van der Waals surface area contributed by atoms with Crippen LogP contribution in [0.25, 0.3) is 0 Å². The van der Waals surface area contributed by atoms with Gasteiger partial charge in [0.15, 0.2) is 0 Å². The quantitative estimate of drug-likeness (QED) is 0.861. The van der Waals surface area contributed by atoms with Gasteiger partial charge >= 0.3 is 0 Å². The van der Waals surface area contributed by atoms with E-state index in [1.807, 2.05) is 0 Å². The lowest BCUT2D eigenvalue weighted by Crippen LogP contribution is -2.44. The van der Waals surface area contributed by atoms with Crippen molar-refractivity contribution >= 4 is 0 Å². The summed E-state index contributed by atoms with van der Waals surface area (Å²) in [5.74, 6) is -2.75. The SMILES string of the molecule is OCC1CCCCC1NCC(F)(F)c1ccccc1. The molecule has 0 amide bonds. The van der Waals surface area contributed by atoms with E-state index in [4.69, 9.17) is 0 Å². The Hall–Kier alpha value is -1.00. The molecule has 1 aliphatic carbocycles. The van der Waals surface area contributed by atoms with Crippen LogP contribution in [0.5, 0.6) is 0 Å². The Balaban J connectivity index is 1.93. The molecular weight excluding hydrogens is 248 g/mol. The van der Waals surface area contributed by atoms with Crippen LogP contribution in [0.4, 0.5) is 8.78 Å². The van der Waals surface area contributed by atoms with Crippen LogP contribution in [-0.4, -0.2) is 24.3 Å². The zero-order valence-corrected chi connectivity index (χ0v) is 11.0. The molecule has 1 aliphatic rings. The van der Waals surface area contributed by atoms with Gasteiger partial charge in [-0.15, -0.1) is 0 Å². The standard InChI is InChI=1S/C15H21F2NO/c16-15(17,13-7-2-1-3-8-13)11-18-14-9-5-4-6-12(14)10-19/h1-3,7-8,12,14,18-19H,4-6,9-11H2. The highest BCUT2D eigenvalue weighted by molar-refractivity contribution is 5.20. The van der Waals surface area contributed by atoms with Gasteiger partial charge in [0.05, 0.1) is 6.54 Å². The third kappa shape index (κ3) is 3.74. The van der Waals surface area contributed by atoms with E-state index in [9.17, 15) is 13.9 Å². The maximum absolute atomic E-state index is 14.0. The van der Waals surface area contributed by atoms with E-state index in [2.05, 4.69) is 5.32 Å². The third-order valence-corrected chi connectivity index (χ3v) is 3.93. The van der Waals surface area contributed by atoms with Crippen molar-refractivity contribution in [2.75, 3.05) is 13.2 Å². The molecule has 1 fully saturated rings. The lowest BCUT2D eigenvalue weighted by Gasteiger charge is -2.32. The zero-order valence-electron chi connectivity index (χ0n) is 11.0. The van der Waals surface area contributed by atoms with E-state index in [-0.39, 0.29) is 30.7 Å². The molecule has 0 heterocycles. The summed E-state index contributed by atoms with van der Waals surface area (Å²) >= 11 is 0. The maximum atomic E-state index is 14.0. The number of hydrogen-bond acceptors (Lipinski definition) is 2. The fraction of sp³-hybridized carbons (Fsp3) is 0.600. The Morgan fingerprint density at radius 1 is 1.16 bits per heavy atom. The van der Waals surface area contributed by atoms with Crippen molar-refractivity contribution in [1.29, 1.82) is 0 Å². The number of benzene rings is 1. The number of halogens is 2. The average Bonchev–Trinajstić information content (AvgIpc) is 2.46. The van der Waals surface area contributed by atoms with Gasteiger partial charge in [-0.25, -0.2) is 0 Å². The molecule has 106 valence electrons. The number of rotatable bonds is 5. The van der Waals surface area contributed by atoms with Crippen LogP contribution in [0.2, 0.25) is 0 Å². The van der Waals surface area contributed by atoms with Crippen LogP contribution in [0.3, 0.4) is 0 Å². The summed E-state index contributed by atoms with van der Waals surface area (Å²) in [7, 11) is 0. The van der Waals surface area contributed by atoms with Crippen molar-refractivity contribution in [3.8, 4) is 0 Å². The molecule has 1 aromatic carbocycles. The highest BCUT2D eigenvalue weighted by atomic mass is 19.3. The average molecular weight is 269 g/mol. The van der Waals surface area contributed by atoms with Crippen molar-refractivity contribution in [2.24, 2.45) is 5.92 Å². The van der Waals surface area contributed by atoms with Gasteiger partial charge in [-0.3, -0.25) is 0 Å². The third-order valence-electron chi connectivity index (χ3n) is 3.93. The van der Waals surface area contributed by atoms with Gasteiger partial charge in [0.2, 0.25) is 0 Å². The number of hydrogen-bond donors (Lipinski definition) is 2. The minimum absolute atomic E-state index is 0.00772. The first-order valence-corrected chi connectivity index (χ1v) is 6.91. The highest BCUT2D eigenvalue weighted by Gasteiger charge is 2.33. The Bertz CT molecular complexity index is 383. The lowest BCUT2D eigenvalue weighted by molar-refractivity contribution is -0.0105. The van der Waals surface area contributed by atoms with Gasteiger partial charge in [0.25, 0.3) is 5.92 Å². The first-order chi connectivity index (χ1) is 9.13. The largest absolute Gasteiger partial charge is 0.396 e. The molecule has 2 nitrogen and oxygen atoms in total. The van der Waals surface area contributed by atoms with Crippen molar-refractivity contribution in [2.45, 2.75) is 37.6 Å². The second kappa shape index (κ2) is 6.44. The lowest BCUT2D eigenvalue weighted by atomic mass is 9.85. The molecule has 0 aromatic heterocycles. The zero-order chi connectivity index (χ0) is 13.7. The van der Waals surface area contributed by atoms with Crippen molar-refractivity contribution in [1.82, 2.24) is 5.32 Å². The van der Waals surface area contributed by atoms with Crippen LogP contribution in [0.1, 0.15) is 31.2 Å². The summed E-state index contributed by atoms with van der Waals surface area (Å²) < 4.78 is 28.0. The van der Waals surface area contributed by atoms with Gasteiger partial charge in [-0.05, 0) is 18.8 Å². The van der Waals surface area contributed by atoms with Gasteiger partial charge in [0.1, 0.15) is 0 Å². The van der Waals surface area contributed by atoms with Crippen molar-refractivity contribution < 1.29 is 13.9 Å². The van der Waals surface area contributed by atoms with Crippen molar-refractivity contribution in [3.63, 3.8) is 0 Å². The topological polar surface area (TPSA) is 32.3 Å². The summed E-state index contributed by atoms with van der Waals surface area (Å²) in [5.41, 5.74) is 0.0406. The van der Waals surface area contributed by atoms with Crippen LogP contribution in [0.15, 0.2) is 30.3 Å². The molecule has 2 unspecified atom stereocenters. The minimum Gasteiger partial charge on any atom is -0.396 e. The summed E-state index contributed by atoms with van der Waals surface area (Å²) in [6.07, 6.45) is 3.92. The number of aliphatic hydroxyl groups excluding tert-OH is 1. The molecule has 0 spiro atoms. The van der Waals surface area contributed by atoms with Crippen molar-refractivity contribution in [3.05, 3.63) is 35.9 Å². The van der Waals surface area contributed by atoms with Gasteiger partial charge in [-0.2, -0.15) is 8.78 Å². The van der Waals surface area contributed by atoms with E-state index in [1.54, 1.807) is 18.2 Å². The summed E-state index contributed by atoms with van der Waals surface area (Å²) in [4.78, 5) is 0. The van der Waals surface area contributed by atoms with E-state index in [0.29, 0.717) is 0 Å². The van der Waals surface area contributed by atoms with E-state index in [0.717, 1.165) is 25.7 Å². The molecule has 2 N–H and O–H groups in total. The molecule has 0 radical (unpaired) electrons. The fourth-order valence-corrected chi connectivity index (χ4v) is 2.74. The van der Waals surface area contributed by atoms with Crippen LogP contribution < -0.4 is 5.32 Å². The minimum atomic E-state index is -2.86. The fourth-order valence-electron chi connectivity index (χ4n) is 2.74. The monoisotopic (exact) mass is 269 g/mol. The van der Waals surface area contributed by atoms with Crippen LogP contribution in [-0.2, 0) is 5.92 Å². The number of alkyl halides is 2. The molecule has 1 aromatic rings. The Kier molecular flexibility index (Phi) is 4.88. The highest BCUT2D eigenvalue weighted by Crippen LogP contribution is 2.29. The van der Waals surface area contributed by atoms with E-state index >= 15 is 0 Å². The van der Waals surface area contributed by atoms with E-state index < -0.39 is 5.92 Å². The normalized spacial score (nSPS) is 24.4. The first-order valence-electron chi connectivity index (χ1n) is 6.91. The molecular formula is C15H21F2NO. The molecule has 2 rings (SSSR count). The predicted molar refractivity (Wildman–Crippen MR) is 71.2 cm³/mol. The van der Waals surface area contributed by atoms with Gasteiger partial charge < -0.3 is 10.4 Å². The molecule has 19 heavy (non-hydrogen) atoms. The maximum Gasteiger partial charge on any atom is 0.285 e.